The van der Waals surface area contributed by atoms with E-state index < -0.39 is 0 Å². The fourth-order valence-corrected chi connectivity index (χ4v) is 3.20. The van der Waals surface area contributed by atoms with E-state index >= 15 is 0 Å². The molecule has 0 spiro atoms. The van der Waals surface area contributed by atoms with Crippen molar-refractivity contribution in [3.05, 3.63) is 34.0 Å². The van der Waals surface area contributed by atoms with Gasteiger partial charge in [-0.15, -0.1) is 11.3 Å². The Kier molecular flexibility index (Phi) is 4.03. The summed E-state index contributed by atoms with van der Waals surface area (Å²) in [5, 5.41) is 6.32. The first-order valence-electron chi connectivity index (χ1n) is 6.96. The van der Waals surface area contributed by atoms with E-state index in [4.69, 9.17) is 4.74 Å². The third kappa shape index (κ3) is 2.84. The van der Waals surface area contributed by atoms with Crippen LogP contribution in [0.3, 0.4) is 0 Å². The molecule has 6 nitrogen and oxygen atoms in total. The maximum absolute atomic E-state index is 12.5. The molecule has 112 valence electrons. The highest BCUT2D eigenvalue weighted by atomic mass is 32.1. The van der Waals surface area contributed by atoms with E-state index in [1.54, 1.807) is 15.6 Å². The Morgan fingerprint density at radius 2 is 2.43 bits per heavy atom. The number of carbonyl (C=O) groups excluding carboxylic acids is 1. The molecule has 2 aromatic rings. The molecule has 2 aromatic heterocycles. The third-order valence-corrected chi connectivity index (χ3v) is 4.17. The fraction of sp³-hybridized carbons (Fsp3) is 0.500. The number of aromatic nitrogens is 3. The second kappa shape index (κ2) is 5.95. The molecule has 3 rings (SSSR count). The number of hydrogen-bond acceptors (Lipinski definition) is 5. The van der Waals surface area contributed by atoms with Crippen LogP contribution < -0.4 is 0 Å². The number of nitrogens with zero attached hydrogens (tertiary/aromatic N) is 4. The van der Waals surface area contributed by atoms with Crippen LogP contribution in [0.5, 0.6) is 0 Å². The van der Waals surface area contributed by atoms with Crippen LogP contribution in [0.4, 0.5) is 0 Å². The van der Waals surface area contributed by atoms with Gasteiger partial charge in [0, 0.05) is 49.8 Å². The molecule has 0 N–H and O–H groups in total. The van der Waals surface area contributed by atoms with Gasteiger partial charge in [0.1, 0.15) is 5.69 Å². The Balaban J connectivity index is 1.84. The van der Waals surface area contributed by atoms with Crippen LogP contribution in [0.25, 0.3) is 0 Å². The molecule has 0 aromatic carbocycles. The minimum Gasteiger partial charge on any atom is -0.381 e. The summed E-state index contributed by atoms with van der Waals surface area (Å²) >= 11 is 1.44. The summed E-state index contributed by atoms with van der Waals surface area (Å²) in [6, 6.07) is 0. The minimum absolute atomic E-state index is 0.0211. The van der Waals surface area contributed by atoms with Crippen LogP contribution in [0.2, 0.25) is 0 Å². The predicted molar refractivity (Wildman–Crippen MR) is 79.3 cm³/mol. The van der Waals surface area contributed by atoms with E-state index in [2.05, 4.69) is 10.1 Å². The molecule has 0 unspecified atom stereocenters. The summed E-state index contributed by atoms with van der Waals surface area (Å²) < 4.78 is 7.36. The van der Waals surface area contributed by atoms with E-state index in [0.29, 0.717) is 32.0 Å². The summed E-state index contributed by atoms with van der Waals surface area (Å²) in [5.41, 5.74) is 4.34. The van der Waals surface area contributed by atoms with Gasteiger partial charge in [0.05, 0.1) is 17.8 Å². The van der Waals surface area contributed by atoms with E-state index in [1.165, 1.54) is 11.3 Å². The van der Waals surface area contributed by atoms with Gasteiger partial charge in [-0.1, -0.05) is 0 Å². The molecule has 7 heteroatoms. The zero-order valence-corrected chi connectivity index (χ0v) is 13.0. The molecular formula is C14H18N4O2S. The maximum atomic E-state index is 12.5. The first-order valence-corrected chi connectivity index (χ1v) is 7.91. The van der Waals surface area contributed by atoms with Gasteiger partial charge in [-0.05, 0) is 6.92 Å². The number of ether oxygens (including phenoxy) is 1. The lowest BCUT2D eigenvalue weighted by atomic mass is 9.97. The Morgan fingerprint density at radius 3 is 3.14 bits per heavy atom. The van der Waals surface area contributed by atoms with Crippen LogP contribution in [-0.4, -0.2) is 45.3 Å². The van der Waals surface area contributed by atoms with Gasteiger partial charge < -0.3 is 9.64 Å². The molecule has 0 aliphatic carbocycles. The average molecular weight is 306 g/mol. The Morgan fingerprint density at radius 1 is 1.57 bits per heavy atom. The Hall–Kier alpha value is -1.73. The fourth-order valence-electron chi connectivity index (χ4n) is 2.67. The van der Waals surface area contributed by atoms with Gasteiger partial charge in [0.15, 0.2) is 0 Å². The summed E-state index contributed by atoms with van der Waals surface area (Å²) in [5.74, 6) is 0.102. The quantitative estimate of drug-likeness (QED) is 0.862. The first-order chi connectivity index (χ1) is 10.2. The van der Waals surface area contributed by atoms with Crippen LogP contribution in [-0.2, 0) is 18.3 Å². The molecule has 0 fully saturated rings. The van der Waals surface area contributed by atoms with Crippen LogP contribution in [0.15, 0.2) is 17.1 Å². The summed E-state index contributed by atoms with van der Waals surface area (Å²) in [4.78, 5) is 18.4. The number of fused-ring (bicyclic) bond motifs is 1. The lowest BCUT2D eigenvalue weighted by molar-refractivity contribution is 0.0647. The second-order valence-electron chi connectivity index (χ2n) is 5.13. The Labute approximate surface area is 127 Å². The van der Waals surface area contributed by atoms with Crippen molar-refractivity contribution in [2.75, 3.05) is 19.8 Å². The van der Waals surface area contributed by atoms with Crippen molar-refractivity contribution in [1.29, 1.82) is 0 Å². The first kappa shape index (κ1) is 14.2. The summed E-state index contributed by atoms with van der Waals surface area (Å²) in [7, 11) is 1.91. The normalized spacial score (nSPS) is 17.8. The smallest absolute Gasteiger partial charge is 0.273 e. The zero-order chi connectivity index (χ0) is 14.8. The number of amides is 1. The third-order valence-electron chi connectivity index (χ3n) is 3.59. The van der Waals surface area contributed by atoms with Crippen molar-refractivity contribution in [3.63, 3.8) is 0 Å². The number of hydrogen-bond donors (Lipinski definition) is 0. The van der Waals surface area contributed by atoms with E-state index in [9.17, 15) is 4.79 Å². The van der Waals surface area contributed by atoms with Gasteiger partial charge in [-0.2, -0.15) is 5.10 Å². The van der Waals surface area contributed by atoms with Gasteiger partial charge in [0.2, 0.25) is 0 Å². The lowest BCUT2D eigenvalue weighted by Crippen LogP contribution is -2.39. The average Bonchev–Trinajstić information content (AvgIpc) is 3.11. The van der Waals surface area contributed by atoms with Crippen LogP contribution in [0, 0.1) is 0 Å². The molecule has 1 amide bonds. The van der Waals surface area contributed by atoms with Crippen molar-refractivity contribution < 1.29 is 9.53 Å². The standard InChI is InChI=1S/C14H18N4O2S/c1-3-20-7-11-6-18(14(19)12-8-21-9-15-12)5-10-4-17(2)16-13(10)11/h4,8-9,11H,3,5-7H2,1-2H3/t11-/m1/s1. The SMILES string of the molecule is CCOC[C@H]1CN(C(=O)c2cscn2)Cc2cn(C)nc21. The van der Waals surface area contributed by atoms with Gasteiger partial charge in [-0.25, -0.2) is 4.98 Å². The molecule has 0 radical (unpaired) electrons. The largest absolute Gasteiger partial charge is 0.381 e. The van der Waals surface area contributed by atoms with Crippen molar-refractivity contribution in [2.24, 2.45) is 7.05 Å². The topological polar surface area (TPSA) is 60.2 Å². The van der Waals surface area contributed by atoms with Crippen molar-refractivity contribution in [1.82, 2.24) is 19.7 Å². The molecule has 1 aliphatic heterocycles. The van der Waals surface area contributed by atoms with Crippen molar-refractivity contribution in [3.8, 4) is 0 Å². The molecule has 1 atom stereocenters. The summed E-state index contributed by atoms with van der Waals surface area (Å²) in [6.07, 6.45) is 1.98. The molecule has 1 aliphatic rings. The molecular weight excluding hydrogens is 288 g/mol. The number of thiazole rings is 1. The highest BCUT2D eigenvalue weighted by molar-refractivity contribution is 7.07. The van der Waals surface area contributed by atoms with Crippen LogP contribution in [0.1, 0.15) is 34.6 Å². The van der Waals surface area contributed by atoms with Gasteiger partial charge in [-0.3, -0.25) is 9.48 Å². The predicted octanol–water partition coefficient (Wildman–Crippen LogP) is 1.65. The van der Waals surface area contributed by atoms with Gasteiger partial charge in [0.25, 0.3) is 5.91 Å². The molecule has 3 heterocycles. The van der Waals surface area contributed by atoms with E-state index in [1.807, 2.05) is 25.1 Å². The Bertz CT molecular complexity index is 623. The van der Waals surface area contributed by atoms with Crippen LogP contribution >= 0.6 is 11.3 Å². The number of aryl methyl sites for hydroxylation is 1. The lowest BCUT2D eigenvalue weighted by Gasteiger charge is -2.31. The van der Waals surface area contributed by atoms with Gasteiger partial charge >= 0.3 is 0 Å². The molecule has 0 saturated carbocycles. The molecule has 0 bridgehead atoms. The molecule has 21 heavy (non-hydrogen) atoms. The maximum Gasteiger partial charge on any atom is 0.273 e. The van der Waals surface area contributed by atoms with Crippen molar-refractivity contribution >= 4 is 17.2 Å². The molecule has 0 saturated heterocycles. The highest BCUT2D eigenvalue weighted by Crippen LogP contribution is 2.28. The minimum atomic E-state index is -0.0211. The van der Waals surface area contributed by atoms with Crippen molar-refractivity contribution in [2.45, 2.75) is 19.4 Å². The van der Waals surface area contributed by atoms with E-state index in [0.717, 1.165) is 11.3 Å². The zero-order valence-electron chi connectivity index (χ0n) is 12.2. The highest BCUT2D eigenvalue weighted by Gasteiger charge is 2.31. The monoisotopic (exact) mass is 306 g/mol. The number of carbonyl (C=O) groups is 1. The number of rotatable bonds is 4. The second-order valence-corrected chi connectivity index (χ2v) is 5.85. The van der Waals surface area contributed by atoms with E-state index in [-0.39, 0.29) is 11.8 Å². The summed E-state index contributed by atoms with van der Waals surface area (Å²) in [6.45, 7) is 4.43.